The van der Waals surface area contributed by atoms with Crippen LogP contribution in [0.1, 0.15) is 37.1 Å². The van der Waals surface area contributed by atoms with E-state index in [9.17, 15) is 4.79 Å². The maximum Gasteiger partial charge on any atom is 0.223 e. The fourth-order valence-electron chi connectivity index (χ4n) is 4.06. The molecule has 1 amide bonds. The van der Waals surface area contributed by atoms with Gasteiger partial charge in [0.25, 0.3) is 0 Å². The Bertz CT molecular complexity index is 1210. The SMILES string of the molecule is Cc1sc2ncnc(NCCCC(=O)N(Cc3ccccc3)C(C)C)c2c1-c1ccccc1. The number of benzene rings is 2. The maximum absolute atomic E-state index is 12.9. The van der Waals surface area contributed by atoms with Gasteiger partial charge in [-0.3, -0.25) is 4.79 Å². The van der Waals surface area contributed by atoms with E-state index >= 15 is 0 Å². The van der Waals surface area contributed by atoms with E-state index in [1.807, 2.05) is 29.2 Å². The van der Waals surface area contributed by atoms with Gasteiger partial charge in [-0.2, -0.15) is 0 Å². The van der Waals surface area contributed by atoms with Gasteiger partial charge >= 0.3 is 0 Å². The second kappa shape index (κ2) is 10.6. The lowest BCUT2D eigenvalue weighted by Crippen LogP contribution is -2.36. The highest BCUT2D eigenvalue weighted by molar-refractivity contribution is 7.19. The highest BCUT2D eigenvalue weighted by atomic mass is 32.1. The molecule has 2 heterocycles. The number of rotatable bonds is 9. The summed E-state index contributed by atoms with van der Waals surface area (Å²) in [5.74, 6) is 1.01. The largest absolute Gasteiger partial charge is 0.369 e. The summed E-state index contributed by atoms with van der Waals surface area (Å²) in [6, 6.07) is 20.7. The monoisotopic (exact) mass is 458 g/mol. The number of fused-ring (bicyclic) bond motifs is 1. The van der Waals surface area contributed by atoms with Gasteiger partial charge in [0.15, 0.2) is 0 Å². The number of anilines is 1. The standard InChI is InChI=1S/C27H30N4OS/c1-19(2)31(17-21-11-6-4-7-12-21)23(32)15-10-16-28-26-25-24(22-13-8-5-9-14-22)20(3)33-27(25)30-18-29-26/h4-9,11-14,18-19H,10,15-17H2,1-3H3,(H,28,29,30). The topological polar surface area (TPSA) is 58.1 Å². The first-order chi connectivity index (χ1) is 16.0. The number of aryl methyl sites for hydroxylation is 1. The van der Waals surface area contributed by atoms with E-state index in [4.69, 9.17) is 0 Å². The Morgan fingerprint density at radius 2 is 1.73 bits per heavy atom. The first-order valence-electron chi connectivity index (χ1n) is 11.4. The molecule has 2 aromatic carbocycles. The molecule has 2 aromatic heterocycles. The van der Waals surface area contributed by atoms with Gasteiger partial charge in [-0.25, -0.2) is 9.97 Å². The van der Waals surface area contributed by atoms with Crippen LogP contribution >= 0.6 is 11.3 Å². The van der Waals surface area contributed by atoms with Crippen LogP contribution in [0.3, 0.4) is 0 Å². The van der Waals surface area contributed by atoms with Gasteiger partial charge < -0.3 is 10.2 Å². The van der Waals surface area contributed by atoms with E-state index in [1.165, 1.54) is 16.0 Å². The van der Waals surface area contributed by atoms with Crippen molar-refractivity contribution in [2.75, 3.05) is 11.9 Å². The van der Waals surface area contributed by atoms with Crippen molar-refractivity contribution in [1.29, 1.82) is 0 Å². The quantitative estimate of drug-likeness (QED) is 0.299. The second-order valence-electron chi connectivity index (χ2n) is 8.43. The van der Waals surface area contributed by atoms with E-state index < -0.39 is 0 Å². The van der Waals surface area contributed by atoms with Crippen LogP contribution in [0, 0.1) is 6.92 Å². The molecule has 6 heteroatoms. The summed E-state index contributed by atoms with van der Waals surface area (Å²) in [7, 11) is 0. The lowest BCUT2D eigenvalue weighted by Gasteiger charge is -2.27. The average molecular weight is 459 g/mol. The molecule has 5 nitrogen and oxygen atoms in total. The molecule has 0 aliphatic heterocycles. The Hall–Kier alpha value is -3.25. The van der Waals surface area contributed by atoms with Crippen LogP contribution < -0.4 is 5.32 Å². The molecule has 0 saturated carbocycles. The summed E-state index contributed by atoms with van der Waals surface area (Å²) in [4.78, 5) is 26.1. The van der Waals surface area contributed by atoms with E-state index in [-0.39, 0.29) is 11.9 Å². The van der Waals surface area contributed by atoms with Crippen molar-refractivity contribution in [3.8, 4) is 11.1 Å². The Kier molecular flexibility index (Phi) is 7.35. The minimum atomic E-state index is 0.161. The number of aromatic nitrogens is 2. The second-order valence-corrected chi connectivity index (χ2v) is 9.64. The first-order valence-corrected chi connectivity index (χ1v) is 12.2. The van der Waals surface area contributed by atoms with E-state index in [0.717, 1.165) is 28.0 Å². The van der Waals surface area contributed by atoms with E-state index in [0.29, 0.717) is 19.5 Å². The van der Waals surface area contributed by atoms with Gasteiger partial charge in [-0.05, 0) is 38.3 Å². The van der Waals surface area contributed by atoms with Gasteiger partial charge in [-0.1, -0.05) is 60.7 Å². The third kappa shape index (κ3) is 5.40. The lowest BCUT2D eigenvalue weighted by atomic mass is 10.0. The van der Waals surface area contributed by atoms with Crippen LogP contribution in [0.25, 0.3) is 21.3 Å². The Balaban J connectivity index is 1.42. The van der Waals surface area contributed by atoms with Crippen LogP contribution in [0.2, 0.25) is 0 Å². The van der Waals surface area contributed by atoms with Gasteiger partial charge in [-0.15, -0.1) is 11.3 Å². The molecule has 170 valence electrons. The first kappa shape index (κ1) is 22.9. The molecule has 0 radical (unpaired) electrons. The fraction of sp³-hybridized carbons (Fsp3) is 0.296. The van der Waals surface area contributed by atoms with Crippen LogP contribution in [-0.4, -0.2) is 33.4 Å². The molecule has 1 N–H and O–H groups in total. The van der Waals surface area contributed by atoms with Crippen molar-refractivity contribution < 1.29 is 4.79 Å². The van der Waals surface area contributed by atoms with E-state index in [2.05, 4.69) is 72.5 Å². The van der Waals surface area contributed by atoms with Crippen LogP contribution in [0.5, 0.6) is 0 Å². The molecule has 0 atom stereocenters. The summed E-state index contributed by atoms with van der Waals surface area (Å²) in [5, 5.41) is 4.53. The zero-order valence-corrected chi connectivity index (χ0v) is 20.2. The Labute approximate surface area is 199 Å². The minimum Gasteiger partial charge on any atom is -0.369 e. The third-order valence-corrected chi connectivity index (χ3v) is 6.74. The summed E-state index contributed by atoms with van der Waals surface area (Å²) in [6.45, 7) is 7.59. The van der Waals surface area contributed by atoms with Gasteiger partial charge in [0, 0.05) is 36.0 Å². The average Bonchev–Trinajstić information content (AvgIpc) is 3.17. The molecule has 0 fully saturated rings. The smallest absolute Gasteiger partial charge is 0.223 e. The van der Waals surface area contributed by atoms with Gasteiger partial charge in [0.1, 0.15) is 17.0 Å². The molecule has 0 saturated heterocycles. The number of nitrogens with zero attached hydrogens (tertiary/aromatic N) is 3. The number of thiophene rings is 1. The summed E-state index contributed by atoms with van der Waals surface area (Å²) in [5.41, 5.74) is 3.51. The Morgan fingerprint density at radius 3 is 2.42 bits per heavy atom. The number of amides is 1. The molecule has 4 aromatic rings. The molecule has 0 unspecified atom stereocenters. The summed E-state index contributed by atoms with van der Waals surface area (Å²) < 4.78 is 0. The number of carbonyl (C=O) groups is 1. The third-order valence-electron chi connectivity index (χ3n) is 5.73. The minimum absolute atomic E-state index is 0.161. The van der Waals surface area contributed by atoms with Gasteiger partial charge in [0.05, 0.1) is 5.39 Å². The molecular weight excluding hydrogens is 428 g/mol. The van der Waals surface area contributed by atoms with Crippen molar-refractivity contribution >= 4 is 33.3 Å². The Morgan fingerprint density at radius 1 is 1.03 bits per heavy atom. The van der Waals surface area contributed by atoms with Crippen molar-refractivity contribution in [2.45, 2.75) is 46.2 Å². The molecule has 0 spiro atoms. The molecular formula is C27H30N4OS. The highest BCUT2D eigenvalue weighted by Crippen LogP contribution is 2.40. The maximum atomic E-state index is 12.9. The van der Waals surface area contributed by atoms with Crippen molar-refractivity contribution in [2.24, 2.45) is 0 Å². The number of carbonyl (C=O) groups excluding carboxylic acids is 1. The van der Waals surface area contributed by atoms with Crippen LogP contribution in [-0.2, 0) is 11.3 Å². The highest BCUT2D eigenvalue weighted by Gasteiger charge is 2.18. The predicted octanol–water partition coefficient (Wildman–Crippen LogP) is 6.30. The van der Waals surface area contributed by atoms with Crippen molar-refractivity contribution in [3.05, 3.63) is 77.4 Å². The number of hydrogen-bond donors (Lipinski definition) is 1. The van der Waals surface area contributed by atoms with Crippen molar-refractivity contribution in [3.63, 3.8) is 0 Å². The number of hydrogen-bond acceptors (Lipinski definition) is 5. The van der Waals surface area contributed by atoms with Gasteiger partial charge in [0.2, 0.25) is 5.91 Å². The molecule has 0 aliphatic rings. The predicted molar refractivity (Wildman–Crippen MR) is 137 cm³/mol. The lowest BCUT2D eigenvalue weighted by molar-refractivity contribution is -0.133. The zero-order valence-electron chi connectivity index (χ0n) is 19.4. The fourth-order valence-corrected chi connectivity index (χ4v) is 5.07. The molecule has 0 aliphatic carbocycles. The zero-order chi connectivity index (χ0) is 23.2. The molecule has 0 bridgehead atoms. The molecule has 4 rings (SSSR count). The van der Waals surface area contributed by atoms with Crippen molar-refractivity contribution in [1.82, 2.24) is 14.9 Å². The summed E-state index contributed by atoms with van der Waals surface area (Å²) in [6.07, 6.45) is 2.85. The number of nitrogens with one attached hydrogen (secondary N) is 1. The normalized spacial score (nSPS) is 11.2. The molecule has 33 heavy (non-hydrogen) atoms. The van der Waals surface area contributed by atoms with E-state index in [1.54, 1.807) is 17.7 Å². The van der Waals surface area contributed by atoms with Crippen LogP contribution in [0.15, 0.2) is 67.0 Å². The summed E-state index contributed by atoms with van der Waals surface area (Å²) >= 11 is 1.69. The van der Waals surface area contributed by atoms with Crippen LogP contribution in [0.4, 0.5) is 5.82 Å².